The second kappa shape index (κ2) is 8.04. The molecule has 1 N–H and O–H groups in total. The van der Waals surface area contributed by atoms with E-state index in [9.17, 15) is 8.42 Å². The summed E-state index contributed by atoms with van der Waals surface area (Å²) in [5.41, 5.74) is 2.21. The van der Waals surface area contributed by atoms with Crippen LogP contribution < -0.4 is 9.62 Å². The first-order valence-electron chi connectivity index (χ1n) is 9.58. The number of rotatable bonds is 6. The molecule has 2 aromatic heterocycles. The highest BCUT2D eigenvalue weighted by Crippen LogP contribution is 2.36. The van der Waals surface area contributed by atoms with E-state index in [0.29, 0.717) is 23.7 Å². The van der Waals surface area contributed by atoms with Crippen LogP contribution in [0.5, 0.6) is 0 Å². The van der Waals surface area contributed by atoms with Crippen molar-refractivity contribution in [3.05, 3.63) is 71.4 Å². The topological polar surface area (TPSA) is 75.2 Å². The predicted octanol–water partition coefficient (Wildman–Crippen LogP) is 5.27. The van der Waals surface area contributed by atoms with E-state index >= 15 is 0 Å². The summed E-state index contributed by atoms with van der Waals surface area (Å²) in [4.78, 5) is 11.0. The first-order valence-corrected chi connectivity index (χ1v) is 11.8. The first-order chi connectivity index (χ1) is 14.4. The molecule has 2 aromatic carbocycles. The monoisotopic (exact) mass is 438 g/mol. The molecule has 0 aliphatic rings. The molecule has 0 atom stereocenters. The number of thiophene rings is 1. The minimum atomic E-state index is -3.78. The zero-order valence-electron chi connectivity index (χ0n) is 17.0. The SMILES string of the molecule is CCN(c1ccccc1)S(=O)(=O)c1ccccc1Nc1ncnc2sc(C)c(C)c12. The van der Waals surface area contributed by atoms with E-state index in [0.717, 1.165) is 20.7 Å². The molecule has 0 amide bonds. The number of para-hydroxylation sites is 2. The summed E-state index contributed by atoms with van der Waals surface area (Å²) in [6.07, 6.45) is 1.50. The largest absolute Gasteiger partial charge is 0.338 e. The number of nitrogens with zero attached hydrogens (tertiary/aromatic N) is 3. The van der Waals surface area contributed by atoms with Crippen molar-refractivity contribution in [2.75, 3.05) is 16.2 Å². The molecular formula is C22H22N4O2S2. The van der Waals surface area contributed by atoms with Crippen molar-refractivity contribution in [3.8, 4) is 0 Å². The molecule has 6 nitrogen and oxygen atoms in total. The second-order valence-corrected chi connectivity index (χ2v) is 9.85. The van der Waals surface area contributed by atoms with E-state index in [1.807, 2.05) is 45.0 Å². The van der Waals surface area contributed by atoms with Gasteiger partial charge in [0.2, 0.25) is 0 Å². The van der Waals surface area contributed by atoms with E-state index in [1.165, 1.54) is 10.6 Å². The van der Waals surface area contributed by atoms with Crippen LogP contribution in [-0.4, -0.2) is 24.9 Å². The van der Waals surface area contributed by atoms with E-state index in [2.05, 4.69) is 15.3 Å². The van der Waals surface area contributed by atoms with Crippen molar-refractivity contribution in [1.82, 2.24) is 9.97 Å². The molecule has 0 aliphatic heterocycles. The number of fused-ring (bicyclic) bond motifs is 1. The zero-order chi connectivity index (χ0) is 21.3. The molecule has 0 aliphatic carbocycles. The van der Waals surface area contributed by atoms with Crippen molar-refractivity contribution in [3.63, 3.8) is 0 Å². The van der Waals surface area contributed by atoms with Crippen LogP contribution in [-0.2, 0) is 10.0 Å². The maximum atomic E-state index is 13.6. The van der Waals surface area contributed by atoms with Gasteiger partial charge in [0.15, 0.2) is 0 Å². The summed E-state index contributed by atoms with van der Waals surface area (Å²) in [5, 5.41) is 4.18. The molecule has 4 rings (SSSR count). The number of aryl methyl sites for hydroxylation is 2. The van der Waals surface area contributed by atoms with Gasteiger partial charge in [-0.2, -0.15) is 0 Å². The first kappa shape index (κ1) is 20.3. The lowest BCUT2D eigenvalue weighted by molar-refractivity contribution is 0.592. The van der Waals surface area contributed by atoms with E-state index < -0.39 is 10.0 Å². The van der Waals surface area contributed by atoms with Crippen molar-refractivity contribution in [2.45, 2.75) is 25.7 Å². The standard InChI is InChI=1S/C22H22N4O2S2/c1-4-26(17-10-6-5-7-11-17)30(27,28)19-13-9-8-12-18(19)25-21-20-15(2)16(3)29-22(20)24-14-23-21/h5-14H,4H2,1-3H3,(H,23,24,25). The Balaban J connectivity index is 1.81. The molecule has 2 heterocycles. The Morgan fingerprint density at radius 1 is 1.00 bits per heavy atom. The van der Waals surface area contributed by atoms with Gasteiger partial charge < -0.3 is 5.32 Å². The zero-order valence-corrected chi connectivity index (χ0v) is 18.6. The van der Waals surface area contributed by atoms with Crippen LogP contribution in [0, 0.1) is 13.8 Å². The van der Waals surface area contributed by atoms with E-state index in [1.54, 1.807) is 41.7 Å². The van der Waals surface area contributed by atoms with Gasteiger partial charge in [-0.1, -0.05) is 30.3 Å². The summed E-state index contributed by atoms with van der Waals surface area (Å²) < 4.78 is 28.5. The molecule has 0 saturated heterocycles. The summed E-state index contributed by atoms with van der Waals surface area (Å²) in [6.45, 7) is 6.22. The third kappa shape index (κ3) is 3.53. The molecule has 8 heteroatoms. The molecule has 154 valence electrons. The second-order valence-electron chi connectivity index (χ2n) is 6.81. The fraction of sp³-hybridized carbons (Fsp3) is 0.182. The average molecular weight is 439 g/mol. The van der Waals surface area contributed by atoms with Gasteiger partial charge in [-0.15, -0.1) is 11.3 Å². The lowest BCUT2D eigenvalue weighted by atomic mass is 10.2. The van der Waals surface area contributed by atoms with Gasteiger partial charge in [0.25, 0.3) is 10.0 Å². The van der Waals surface area contributed by atoms with E-state index in [4.69, 9.17) is 0 Å². The summed E-state index contributed by atoms with van der Waals surface area (Å²) in [7, 11) is -3.78. The van der Waals surface area contributed by atoms with Gasteiger partial charge in [-0.25, -0.2) is 18.4 Å². The number of nitrogens with one attached hydrogen (secondary N) is 1. The minimum Gasteiger partial charge on any atom is -0.338 e. The summed E-state index contributed by atoms with van der Waals surface area (Å²) in [6, 6.07) is 16.0. The van der Waals surface area contributed by atoms with Crippen LogP contribution in [0.1, 0.15) is 17.4 Å². The van der Waals surface area contributed by atoms with Crippen molar-refractivity contribution < 1.29 is 8.42 Å². The number of sulfonamides is 1. The lowest BCUT2D eigenvalue weighted by Crippen LogP contribution is -2.31. The van der Waals surface area contributed by atoms with Crippen LogP contribution >= 0.6 is 11.3 Å². The number of hydrogen-bond acceptors (Lipinski definition) is 6. The maximum absolute atomic E-state index is 13.6. The average Bonchev–Trinajstić information content (AvgIpc) is 3.04. The third-order valence-corrected chi connectivity index (χ3v) is 8.08. The highest BCUT2D eigenvalue weighted by Gasteiger charge is 2.26. The Morgan fingerprint density at radius 3 is 2.43 bits per heavy atom. The molecule has 0 radical (unpaired) electrons. The molecule has 0 bridgehead atoms. The predicted molar refractivity (Wildman–Crippen MR) is 123 cm³/mol. The summed E-state index contributed by atoms with van der Waals surface area (Å²) >= 11 is 1.60. The van der Waals surface area contributed by atoms with Crippen LogP contribution in [0.25, 0.3) is 10.2 Å². The Morgan fingerprint density at radius 2 is 1.70 bits per heavy atom. The smallest absolute Gasteiger partial charge is 0.266 e. The number of hydrogen-bond donors (Lipinski definition) is 1. The minimum absolute atomic E-state index is 0.201. The Bertz CT molecular complexity index is 1300. The van der Waals surface area contributed by atoms with Crippen LogP contribution in [0.2, 0.25) is 0 Å². The Hall–Kier alpha value is -2.97. The van der Waals surface area contributed by atoms with Gasteiger partial charge in [0.05, 0.1) is 16.8 Å². The highest BCUT2D eigenvalue weighted by atomic mass is 32.2. The fourth-order valence-electron chi connectivity index (χ4n) is 3.40. The molecule has 0 fully saturated rings. The van der Waals surface area contributed by atoms with Gasteiger partial charge in [0.1, 0.15) is 21.9 Å². The molecule has 0 unspecified atom stereocenters. The highest BCUT2D eigenvalue weighted by molar-refractivity contribution is 7.93. The van der Waals surface area contributed by atoms with Crippen LogP contribution in [0.3, 0.4) is 0 Å². The van der Waals surface area contributed by atoms with Crippen LogP contribution in [0.4, 0.5) is 17.2 Å². The molecule has 4 aromatic rings. The van der Waals surface area contributed by atoms with Crippen molar-refractivity contribution in [2.24, 2.45) is 0 Å². The molecule has 0 spiro atoms. The Kier molecular flexibility index (Phi) is 5.44. The lowest BCUT2D eigenvalue weighted by Gasteiger charge is -2.24. The third-order valence-electron chi connectivity index (χ3n) is 5.00. The van der Waals surface area contributed by atoms with Gasteiger partial charge >= 0.3 is 0 Å². The van der Waals surface area contributed by atoms with Gasteiger partial charge in [-0.3, -0.25) is 4.31 Å². The van der Waals surface area contributed by atoms with Crippen molar-refractivity contribution in [1.29, 1.82) is 0 Å². The number of benzene rings is 2. The number of aromatic nitrogens is 2. The fourth-order valence-corrected chi connectivity index (χ4v) is 6.02. The maximum Gasteiger partial charge on any atom is 0.266 e. The number of anilines is 3. The molecule has 0 saturated carbocycles. The quantitative estimate of drug-likeness (QED) is 0.444. The molecule has 30 heavy (non-hydrogen) atoms. The van der Waals surface area contributed by atoms with Crippen LogP contribution in [0.15, 0.2) is 65.8 Å². The van der Waals surface area contributed by atoms with E-state index in [-0.39, 0.29) is 4.90 Å². The normalized spacial score (nSPS) is 11.6. The summed E-state index contributed by atoms with van der Waals surface area (Å²) in [5.74, 6) is 0.604. The molecular weight excluding hydrogens is 416 g/mol. The van der Waals surface area contributed by atoms with Gasteiger partial charge in [-0.05, 0) is 50.6 Å². The van der Waals surface area contributed by atoms with Crippen molar-refractivity contribution >= 4 is 48.8 Å². The van der Waals surface area contributed by atoms with Gasteiger partial charge in [0, 0.05) is 11.4 Å². The Labute approximate surface area is 180 Å².